The molecule has 0 bridgehead atoms. The molecule has 5 heterocycles. The zero-order valence-corrected chi connectivity index (χ0v) is 18.6. The lowest BCUT2D eigenvalue weighted by atomic mass is 10.1. The molecular formula is C22H22N8OS. The van der Waals surface area contributed by atoms with E-state index < -0.39 is 0 Å². The highest BCUT2D eigenvalue weighted by atomic mass is 32.1. The summed E-state index contributed by atoms with van der Waals surface area (Å²) < 4.78 is 7.23. The van der Waals surface area contributed by atoms with Crippen molar-refractivity contribution in [3.8, 4) is 28.0 Å². The van der Waals surface area contributed by atoms with Gasteiger partial charge in [0.1, 0.15) is 6.07 Å². The SMILES string of the molecule is CC(C)Nc1cc(-c2ccc3cc(C#N)cnn23)ncc1-c1nnc(N2CCOCC2)s1. The van der Waals surface area contributed by atoms with Crippen LogP contribution in [0.5, 0.6) is 0 Å². The fourth-order valence-electron chi connectivity index (χ4n) is 3.66. The Kier molecular flexibility index (Phi) is 5.43. The number of nitrogens with one attached hydrogen (secondary N) is 1. The number of hydrogen-bond donors (Lipinski definition) is 1. The van der Waals surface area contributed by atoms with Gasteiger partial charge in [-0.2, -0.15) is 10.4 Å². The predicted octanol–water partition coefficient (Wildman–Crippen LogP) is 3.44. The molecule has 10 heteroatoms. The van der Waals surface area contributed by atoms with Crippen LogP contribution in [-0.2, 0) is 4.74 Å². The molecular weight excluding hydrogens is 424 g/mol. The number of morpholine rings is 1. The van der Waals surface area contributed by atoms with Crippen LogP contribution in [0.1, 0.15) is 19.4 Å². The van der Waals surface area contributed by atoms with E-state index in [4.69, 9.17) is 15.0 Å². The van der Waals surface area contributed by atoms with Gasteiger partial charge in [-0.25, -0.2) is 4.52 Å². The molecule has 0 amide bonds. The van der Waals surface area contributed by atoms with Gasteiger partial charge in [0.05, 0.1) is 47.4 Å². The highest BCUT2D eigenvalue weighted by molar-refractivity contribution is 7.18. The fourth-order valence-corrected chi connectivity index (χ4v) is 4.58. The molecule has 0 unspecified atom stereocenters. The Morgan fingerprint density at radius 1 is 1.16 bits per heavy atom. The molecule has 9 nitrogen and oxygen atoms in total. The molecule has 0 atom stereocenters. The second-order valence-corrected chi connectivity index (χ2v) is 8.77. The second-order valence-electron chi connectivity index (χ2n) is 7.81. The Morgan fingerprint density at radius 3 is 2.78 bits per heavy atom. The highest BCUT2D eigenvalue weighted by Crippen LogP contribution is 2.35. The van der Waals surface area contributed by atoms with E-state index in [1.807, 2.05) is 30.5 Å². The van der Waals surface area contributed by atoms with Gasteiger partial charge in [-0.3, -0.25) is 4.98 Å². The third-order valence-corrected chi connectivity index (χ3v) is 6.18. The maximum atomic E-state index is 9.13. The Labute approximate surface area is 189 Å². The molecule has 4 aromatic rings. The lowest BCUT2D eigenvalue weighted by Crippen LogP contribution is -2.36. The van der Waals surface area contributed by atoms with Gasteiger partial charge in [-0.1, -0.05) is 11.3 Å². The van der Waals surface area contributed by atoms with Gasteiger partial charge in [0, 0.05) is 31.0 Å². The molecule has 162 valence electrons. The van der Waals surface area contributed by atoms with Crippen molar-refractivity contribution in [2.75, 3.05) is 36.5 Å². The van der Waals surface area contributed by atoms with Crippen LogP contribution in [0, 0.1) is 11.3 Å². The summed E-state index contributed by atoms with van der Waals surface area (Å²) in [5.41, 5.74) is 4.88. The quantitative estimate of drug-likeness (QED) is 0.497. The van der Waals surface area contributed by atoms with E-state index in [1.165, 1.54) is 0 Å². The molecule has 32 heavy (non-hydrogen) atoms. The lowest BCUT2D eigenvalue weighted by Gasteiger charge is -2.25. The molecule has 0 saturated carbocycles. The first-order valence-corrected chi connectivity index (χ1v) is 11.3. The van der Waals surface area contributed by atoms with Crippen LogP contribution in [0.15, 0.2) is 36.7 Å². The van der Waals surface area contributed by atoms with Crippen LogP contribution in [0.2, 0.25) is 0 Å². The van der Waals surface area contributed by atoms with Gasteiger partial charge in [0.25, 0.3) is 0 Å². The first-order valence-electron chi connectivity index (χ1n) is 10.4. The average Bonchev–Trinajstić information content (AvgIpc) is 3.46. The lowest BCUT2D eigenvalue weighted by molar-refractivity contribution is 0.122. The number of ether oxygens (including phenoxy) is 1. The second kappa shape index (κ2) is 8.53. The van der Waals surface area contributed by atoms with Crippen LogP contribution < -0.4 is 10.2 Å². The normalized spacial score (nSPS) is 14.1. The molecule has 0 spiro atoms. The molecule has 0 aromatic carbocycles. The summed E-state index contributed by atoms with van der Waals surface area (Å²) in [5, 5.41) is 27.6. The first-order chi connectivity index (χ1) is 15.6. The van der Waals surface area contributed by atoms with Gasteiger partial charge in [-0.15, -0.1) is 10.2 Å². The van der Waals surface area contributed by atoms with Crippen LogP contribution in [0.4, 0.5) is 10.8 Å². The number of pyridine rings is 1. The van der Waals surface area contributed by atoms with Crippen molar-refractivity contribution in [1.29, 1.82) is 5.26 Å². The predicted molar refractivity (Wildman–Crippen MR) is 124 cm³/mol. The van der Waals surface area contributed by atoms with Crippen LogP contribution in [-0.4, -0.2) is 57.1 Å². The number of aromatic nitrogens is 5. The van der Waals surface area contributed by atoms with E-state index in [2.05, 4.69) is 45.4 Å². The minimum atomic E-state index is 0.232. The molecule has 0 radical (unpaired) electrons. The number of nitrogens with zero attached hydrogens (tertiary/aromatic N) is 7. The maximum absolute atomic E-state index is 9.13. The van der Waals surface area contributed by atoms with Crippen LogP contribution >= 0.6 is 11.3 Å². The molecule has 1 fully saturated rings. The average molecular weight is 447 g/mol. The van der Waals surface area contributed by atoms with Crippen LogP contribution in [0.3, 0.4) is 0 Å². The van der Waals surface area contributed by atoms with Gasteiger partial charge < -0.3 is 15.0 Å². The summed E-state index contributed by atoms with van der Waals surface area (Å²) in [6, 6.07) is 10.1. The summed E-state index contributed by atoms with van der Waals surface area (Å²) in [7, 11) is 0. The van der Waals surface area contributed by atoms with Crippen molar-refractivity contribution >= 4 is 27.7 Å². The topological polar surface area (TPSA) is 104 Å². The number of fused-ring (bicyclic) bond motifs is 1. The standard InChI is InChI=1S/C22H22N8OS/c1-14(2)26-18-10-19(20-4-3-16-9-15(11-23)12-25-30(16)20)24-13-17(18)21-27-28-22(32-21)29-5-7-31-8-6-29/h3-4,9-10,12-14H,5-8H2,1-2H3,(H,24,26). The van der Waals surface area contributed by atoms with Crippen molar-refractivity contribution in [1.82, 2.24) is 24.8 Å². The van der Waals surface area contributed by atoms with E-state index >= 15 is 0 Å². The third-order valence-electron chi connectivity index (χ3n) is 5.17. The molecule has 1 aliphatic rings. The van der Waals surface area contributed by atoms with Gasteiger partial charge >= 0.3 is 0 Å². The summed E-state index contributed by atoms with van der Waals surface area (Å²) in [4.78, 5) is 6.92. The van der Waals surface area contributed by atoms with Crippen molar-refractivity contribution in [3.63, 3.8) is 0 Å². The summed E-state index contributed by atoms with van der Waals surface area (Å²) in [5.74, 6) is 0. The highest BCUT2D eigenvalue weighted by Gasteiger charge is 2.19. The van der Waals surface area contributed by atoms with Crippen molar-refractivity contribution < 1.29 is 4.74 Å². The minimum Gasteiger partial charge on any atom is -0.382 e. The minimum absolute atomic E-state index is 0.232. The molecule has 1 N–H and O–H groups in total. The smallest absolute Gasteiger partial charge is 0.208 e. The van der Waals surface area contributed by atoms with Gasteiger partial charge in [0.2, 0.25) is 5.13 Å². The van der Waals surface area contributed by atoms with Gasteiger partial charge in [-0.05, 0) is 38.1 Å². The number of hydrogen-bond acceptors (Lipinski definition) is 9. The monoisotopic (exact) mass is 446 g/mol. The van der Waals surface area contributed by atoms with Crippen molar-refractivity contribution in [3.05, 3.63) is 42.2 Å². The van der Waals surface area contributed by atoms with E-state index in [-0.39, 0.29) is 6.04 Å². The fraction of sp³-hybridized carbons (Fsp3) is 0.318. The summed E-state index contributed by atoms with van der Waals surface area (Å²) in [6.45, 7) is 7.26. The summed E-state index contributed by atoms with van der Waals surface area (Å²) in [6.07, 6.45) is 3.40. The molecule has 4 aromatic heterocycles. The Morgan fingerprint density at radius 2 is 2.00 bits per heavy atom. The van der Waals surface area contributed by atoms with E-state index in [0.717, 1.165) is 51.4 Å². The molecule has 1 aliphatic heterocycles. The Bertz CT molecular complexity index is 1300. The first kappa shape index (κ1) is 20.4. The Balaban J connectivity index is 1.53. The number of rotatable bonds is 5. The largest absolute Gasteiger partial charge is 0.382 e. The molecule has 5 rings (SSSR count). The summed E-state index contributed by atoms with van der Waals surface area (Å²) >= 11 is 1.56. The van der Waals surface area contributed by atoms with Crippen LogP contribution in [0.25, 0.3) is 27.5 Å². The third kappa shape index (κ3) is 3.88. The zero-order valence-electron chi connectivity index (χ0n) is 17.8. The van der Waals surface area contributed by atoms with Gasteiger partial charge in [0.15, 0.2) is 5.01 Å². The van der Waals surface area contributed by atoms with E-state index in [9.17, 15) is 0 Å². The Hall–Kier alpha value is -3.55. The van der Waals surface area contributed by atoms with E-state index in [0.29, 0.717) is 18.8 Å². The van der Waals surface area contributed by atoms with Crippen molar-refractivity contribution in [2.24, 2.45) is 0 Å². The number of nitriles is 1. The number of anilines is 2. The van der Waals surface area contributed by atoms with E-state index in [1.54, 1.807) is 22.0 Å². The maximum Gasteiger partial charge on any atom is 0.208 e. The van der Waals surface area contributed by atoms with Crippen molar-refractivity contribution in [2.45, 2.75) is 19.9 Å². The molecule has 1 saturated heterocycles. The zero-order chi connectivity index (χ0) is 22.1. The molecule has 0 aliphatic carbocycles.